The second-order valence-electron chi connectivity index (χ2n) is 5.02. The lowest BCUT2D eigenvalue weighted by molar-refractivity contribution is 0.650. The van der Waals surface area contributed by atoms with Crippen molar-refractivity contribution < 1.29 is 0 Å². The number of hydrogen-bond acceptors (Lipinski definition) is 1. The average molecular weight is 269 g/mol. The highest BCUT2D eigenvalue weighted by Crippen LogP contribution is 2.29. The molecule has 0 aliphatic carbocycles. The van der Waals surface area contributed by atoms with Crippen molar-refractivity contribution in [3.63, 3.8) is 0 Å². The lowest BCUT2D eigenvalue weighted by Crippen LogP contribution is -2.00. The summed E-state index contributed by atoms with van der Waals surface area (Å²) in [4.78, 5) is 0. The minimum Gasteiger partial charge on any atom is -0.323 e. The van der Waals surface area contributed by atoms with Gasteiger partial charge in [-0.3, -0.25) is 0 Å². The average Bonchev–Trinajstić information content (AvgIpc) is 2.51. The third kappa shape index (κ3) is 5.58. The summed E-state index contributed by atoms with van der Waals surface area (Å²) < 4.78 is 0. The van der Waals surface area contributed by atoms with Crippen LogP contribution >= 0.6 is 0 Å². The molecule has 0 radical (unpaired) electrons. The van der Waals surface area contributed by atoms with Gasteiger partial charge in [-0.05, 0) is 31.6 Å². The topological polar surface area (TPSA) is 12.0 Å². The molecule has 0 saturated carbocycles. The third-order valence-corrected chi connectivity index (χ3v) is 3.25. The fourth-order valence-corrected chi connectivity index (χ4v) is 2.30. The summed E-state index contributed by atoms with van der Waals surface area (Å²) in [5, 5.41) is 2.75. The maximum atomic E-state index is 2.75. The molecular weight excluding hydrogens is 242 g/mol. The Balaban J connectivity index is 0.000000612. The lowest BCUT2D eigenvalue weighted by atomic mass is 9.87. The van der Waals surface area contributed by atoms with Gasteiger partial charge in [-0.25, -0.2) is 0 Å². The van der Waals surface area contributed by atoms with E-state index in [1.54, 1.807) is 0 Å². The van der Waals surface area contributed by atoms with E-state index in [2.05, 4.69) is 72.9 Å². The minimum absolute atomic E-state index is 0.553. The van der Waals surface area contributed by atoms with Gasteiger partial charge in [0.25, 0.3) is 0 Å². The highest BCUT2D eigenvalue weighted by molar-refractivity contribution is 5.32. The number of rotatable bonds is 5. The predicted molar refractivity (Wildman–Crippen MR) is 89.2 cm³/mol. The van der Waals surface area contributed by atoms with Crippen LogP contribution in [0, 0.1) is 0 Å². The number of benzene rings is 2. The zero-order chi connectivity index (χ0) is 14.6. The van der Waals surface area contributed by atoms with Crippen molar-refractivity contribution in [3.05, 3.63) is 71.8 Å². The van der Waals surface area contributed by atoms with Gasteiger partial charge in [0.2, 0.25) is 0 Å². The van der Waals surface area contributed by atoms with E-state index in [0.29, 0.717) is 5.92 Å². The zero-order valence-corrected chi connectivity index (χ0v) is 13.0. The Hall–Kier alpha value is -1.60. The standard InChI is InChI=1S/C17H20.C2H7N/c1-2-3-14-17(15-10-6-4-7-11-15)16-12-8-5-9-13-16;1-3-2/h4-13,17H,2-3,14H2,1H3;3H,1-2H3. The molecule has 2 aromatic rings. The molecule has 1 N–H and O–H groups in total. The second kappa shape index (κ2) is 10.2. The highest BCUT2D eigenvalue weighted by atomic mass is 14.7. The molecule has 1 heteroatoms. The van der Waals surface area contributed by atoms with Crippen LogP contribution in [0.3, 0.4) is 0 Å². The Morgan fingerprint density at radius 2 is 1.20 bits per heavy atom. The Kier molecular flexibility index (Phi) is 8.41. The molecule has 0 bridgehead atoms. The molecule has 1 nitrogen and oxygen atoms in total. The maximum Gasteiger partial charge on any atom is 0.00893 e. The van der Waals surface area contributed by atoms with Crippen LogP contribution in [0.2, 0.25) is 0 Å². The molecule has 20 heavy (non-hydrogen) atoms. The van der Waals surface area contributed by atoms with Gasteiger partial charge in [0.05, 0.1) is 0 Å². The van der Waals surface area contributed by atoms with Crippen LogP contribution in [0.1, 0.15) is 43.2 Å². The molecule has 0 heterocycles. The van der Waals surface area contributed by atoms with Gasteiger partial charge in [-0.2, -0.15) is 0 Å². The third-order valence-electron chi connectivity index (χ3n) is 3.25. The van der Waals surface area contributed by atoms with Crippen molar-refractivity contribution in [2.45, 2.75) is 32.1 Å². The molecule has 0 atom stereocenters. The summed E-state index contributed by atoms with van der Waals surface area (Å²) in [5.74, 6) is 0.553. The van der Waals surface area contributed by atoms with Gasteiger partial charge in [0.15, 0.2) is 0 Å². The molecule has 108 valence electrons. The Bertz CT molecular complexity index is 396. The molecule has 0 spiro atoms. The number of unbranched alkanes of at least 4 members (excludes halogenated alkanes) is 1. The lowest BCUT2D eigenvalue weighted by Gasteiger charge is -2.17. The Morgan fingerprint density at radius 3 is 1.55 bits per heavy atom. The fraction of sp³-hybridized carbons (Fsp3) is 0.368. The number of hydrogen-bond donors (Lipinski definition) is 1. The quantitative estimate of drug-likeness (QED) is 0.818. The molecule has 0 fully saturated rings. The first-order chi connectivity index (χ1) is 9.83. The van der Waals surface area contributed by atoms with E-state index >= 15 is 0 Å². The van der Waals surface area contributed by atoms with Crippen LogP contribution in [0.5, 0.6) is 0 Å². The SMILES string of the molecule is CCCCC(c1ccccc1)c1ccccc1.CNC. The van der Waals surface area contributed by atoms with Gasteiger partial charge in [-0.15, -0.1) is 0 Å². The van der Waals surface area contributed by atoms with Crippen molar-refractivity contribution in [1.82, 2.24) is 5.32 Å². The van der Waals surface area contributed by atoms with E-state index in [-0.39, 0.29) is 0 Å². The van der Waals surface area contributed by atoms with E-state index < -0.39 is 0 Å². The first kappa shape index (κ1) is 16.5. The summed E-state index contributed by atoms with van der Waals surface area (Å²) in [6.07, 6.45) is 3.79. The minimum atomic E-state index is 0.553. The molecule has 0 aliphatic heterocycles. The first-order valence-electron chi connectivity index (χ1n) is 7.51. The van der Waals surface area contributed by atoms with Crippen molar-refractivity contribution >= 4 is 0 Å². The highest BCUT2D eigenvalue weighted by Gasteiger charge is 2.12. The van der Waals surface area contributed by atoms with Crippen molar-refractivity contribution in [2.24, 2.45) is 0 Å². The van der Waals surface area contributed by atoms with Crippen LogP contribution in [-0.4, -0.2) is 14.1 Å². The largest absolute Gasteiger partial charge is 0.323 e. The van der Waals surface area contributed by atoms with Gasteiger partial charge in [0, 0.05) is 5.92 Å². The summed E-state index contributed by atoms with van der Waals surface area (Å²) in [5.41, 5.74) is 2.87. The predicted octanol–water partition coefficient (Wildman–Crippen LogP) is 4.84. The molecule has 0 amide bonds. The smallest absolute Gasteiger partial charge is 0.00893 e. The van der Waals surface area contributed by atoms with Crippen LogP contribution in [0.15, 0.2) is 60.7 Å². The van der Waals surface area contributed by atoms with Crippen molar-refractivity contribution in [1.29, 1.82) is 0 Å². The van der Waals surface area contributed by atoms with E-state index in [9.17, 15) is 0 Å². The summed E-state index contributed by atoms with van der Waals surface area (Å²) >= 11 is 0. The molecule has 2 rings (SSSR count). The zero-order valence-electron chi connectivity index (χ0n) is 13.0. The van der Waals surface area contributed by atoms with Gasteiger partial charge in [0.1, 0.15) is 0 Å². The molecule has 0 saturated heterocycles. The van der Waals surface area contributed by atoms with Gasteiger partial charge >= 0.3 is 0 Å². The van der Waals surface area contributed by atoms with Crippen molar-refractivity contribution in [3.8, 4) is 0 Å². The van der Waals surface area contributed by atoms with Crippen LogP contribution in [0.25, 0.3) is 0 Å². The first-order valence-corrected chi connectivity index (χ1v) is 7.51. The van der Waals surface area contributed by atoms with Crippen LogP contribution in [-0.2, 0) is 0 Å². The molecule has 0 unspecified atom stereocenters. The number of nitrogens with one attached hydrogen (secondary N) is 1. The van der Waals surface area contributed by atoms with Crippen molar-refractivity contribution in [2.75, 3.05) is 14.1 Å². The molecular formula is C19H27N. The summed E-state index contributed by atoms with van der Waals surface area (Å²) in [6, 6.07) is 21.7. The van der Waals surface area contributed by atoms with Crippen LogP contribution in [0.4, 0.5) is 0 Å². The second-order valence-corrected chi connectivity index (χ2v) is 5.02. The summed E-state index contributed by atoms with van der Waals surface area (Å²) in [6.45, 7) is 2.26. The molecule has 0 aromatic heterocycles. The Morgan fingerprint density at radius 1 is 0.800 bits per heavy atom. The van der Waals surface area contributed by atoms with Gasteiger partial charge in [-0.1, -0.05) is 80.4 Å². The monoisotopic (exact) mass is 269 g/mol. The normalized spacial score (nSPS) is 10.0. The Labute approximate surface area is 124 Å². The van der Waals surface area contributed by atoms with Gasteiger partial charge < -0.3 is 5.32 Å². The molecule has 2 aromatic carbocycles. The van der Waals surface area contributed by atoms with Crippen LogP contribution < -0.4 is 5.32 Å². The molecule has 0 aliphatic rings. The maximum absolute atomic E-state index is 2.75. The van der Waals surface area contributed by atoms with E-state index in [1.165, 1.54) is 30.4 Å². The van der Waals surface area contributed by atoms with E-state index in [4.69, 9.17) is 0 Å². The summed E-state index contributed by atoms with van der Waals surface area (Å²) in [7, 11) is 3.75. The van der Waals surface area contributed by atoms with E-state index in [0.717, 1.165) is 0 Å². The van der Waals surface area contributed by atoms with E-state index in [1.807, 2.05) is 14.1 Å². The fourth-order valence-electron chi connectivity index (χ4n) is 2.30.